The second-order valence-electron chi connectivity index (χ2n) is 6.19. The van der Waals surface area contributed by atoms with Crippen LogP contribution in [0.2, 0.25) is 0 Å². The highest BCUT2D eigenvalue weighted by Crippen LogP contribution is 2.32. The van der Waals surface area contributed by atoms with Gasteiger partial charge in [0.05, 0.1) is 12.6 Å². The van der Waals surface area contributed by atoms with Gasteiger partial charge in [-0.3, -0.25) is 4.90 Å². The summed E-state index contributed by atoms with van der Waals surface area (Å²) in [6.45, 7) is 11.3. The van der Waals surface area contributed by atoms with E-state index in [0.29, 0.717) is 6.54 Å². The standard InChI is InChI=1S/C16H23N3/c1-16(2,3)14-6-4-5-7-15(14)19-12-10-18(9-8-17)11-13-19/h4-7H,9-13H2,1-3H3. The largest absolute Gasteiger partial charge is 0.369 e. The average Bonchev–Trinajstić information content (AvgIpc) is 2.39. The lowest BCUT2D eigenvalue weighted by Gasteiger charge is -2.37. The molecule has 0 aromatic heterocycles. The van der Waals surface area contributed by atoms with Crippen LogP contribution in [0.25, 0.3) is 0 Å². The van der Waals surface area contributed by atoms with Crippen molar-refractivity contribution in [1.82, 2.24) is 4.90 Å². The molecule has 1 fully saturated rings. The molecular weight excluding hydrogens is 234 g/mol. The summed E-state index contributed by atoms with van der Waals surface area (Å²) >= 11 is 0. The summed E-state index contributed by atoms with van der Waals surface area (Å²) in [6.07, 6.45) is 0. The van der Waals surface area contributed by atoms with E-state index in [2.05, 4.69) is 60.9 Å². The Kier molecular flexibility index (Phi) is 4.11. The topological polar surface area (TPSA) is 30.3 Å². The van der Waals surface area contributed by atoms with E-state index >= 15 is 0 Å². The van der Waals surface area contributed by atoms with Crippen molar-refractivity contribution in [2.75, 3.05) is 37.6 Å². The number of benzene rings is 1. The zero-order valence-corrected chi connectivity index (χ0v) is 12.2. The Bertz CT molecular complexity index is 460. The van der Waals surface area contributed by atoms with Crippen LogP contribution >= 0.6 is 0 Å². The number of nitriles is 1. The van der Waals surface area contributed by atoms with Crippen molar-refractivity contribution < 1.29 is 0 Å². The van der Waals surface area contributed by atoms with E-state index in [0.717, 1.165) is 26.2 Å². The third-order valence-corrected chi connectivity index (χ3v) is 3.72. The summed E-state index contributed by atoms with van der Waals surface area (Å²) in [6, 6.07) is 10.9. The molecule has 1 aromatic rings. The van der Waals surface area contributed by atoms with Gasteiger partial charge in [0.2, 0.25) is 0 Å². The van der Waals surface area contributed by atoms with Gasteiger partial charge in [-0.1, -0.05) is 39.0 Å². The van der Waals surface area contributed by atoms with Crippen molar-refractivity contribution >= 4 is 5.69 Å². The van der Waals surface area contributed by atoms with Crippen molar-refractivity contribution in [2.45, 2.75) is 26.2 Å². The van der Waals surface area contributed by atoms with E-state index in [1.807, 2.05) is 0 Å². The predicted molar refractivity (Wildman–Crippen MR) is 79.4 cm³/mol. The van der Waals surface area contributed by atoms with Crippen LogP contribution in [-0.2, 0) is 5.41 Å². The van der Waals surface area contributed by atoms with Crippen LogP contribution in [0.5, 0.6) is 0 Å². The quantitative estimate of drug-likeness (QED) is 0.763. The Morgan fingerprint density at radius 3 is 2.32 bits per heavy atom. The number of nitrogens with zero attached hydrogens (tertiary/aromatic N) is 3. The summed E-state index contributed by atoms with van der Waals surface area (Å²) in [5.74, 6) is 0. The fourth-order valence-electron chi connectivity index (χ4n) is 2.63. The normalized spacial score (nSPS) is 17.3. The van der Waals surface area contributed by atoms with Gasteiger partial charge < -0.3 is 4.90 Å². The van der Waals surface area contributed by atoms with Crippen molar-refractivity contribution in [3.8, 4) is 6.07 Å². The molecular formula is C16H23N3. The van der Waals surface area contributed by atoms with Crippen LogP contribution in [0.1, 0.15) is 26.3 Å². The van der Waals surface area contributed by atoms with Crippen molar-refractivity contribution in [3.05, 3.63) is 29.8 Å². The summed E-state index contributed by atoms with van der Waals surface area (Å²) in [4.78, 5) is 4.67. The molecule has 0 radical (unpaired) electrons. The SMILES string of the molecule is CC(C)(C)c1ccccc1N1CCN(CC#N)CC1. The smallest absolute Gasteiger partial charge is 0.0867 e. The maximum absolute atomic E-state index is 8.75. The maximum Gasteiger partial charge on any atom is 0.0867 e. The molecule has 1 aliphatic heterocycles. The predicted octanol–water partition coefficient (Wildman–Crippen LogP) is 2.63. The van der Waals surface area contributed by atoms with Gasteiger partial charge in [0.25, 0.3) is 0 Å². The van der Waals surface area contributed by atoms with Gasteiger partial charge in [-0.2, -0.15) is 5.26 Å². The number of para-hydroxylation sites is 1. The molecule has 0 saturated carbocycles. The van der Waals surface area contributed by atoms with Gasteiger partial charge in [-0.15, -0.1) is 0 Å². The average molecular weight is 257 g/mol. The van der Waals surface area contributed by atoms with Crippen LogP contribution in [0.3, 0.4) is 0 Å². The first kappa shape index (κ1) is 13.9. The molecule has 1 aromatic carbocycles. The molecule has 0 atom stereocenters. The fourth-order valence-corrected chi connectivity index (χ4v) is 2.63. The Morgan fingerprint density at radius 1 is 1.11 bits per heavy atom. The van der Waals surface area contributed by atoms with E-state index in [9.17, 15) is 0 Å². The zero-order valence-electron chi connectivity index (χ0n) is 12.2. The highest BCUT2D eigenvalue weighted by molar-refractivity contribution is 5.56. The molecule has 1 heterocycles. The van der Waals surface area contributed by atoms with E-state index in [1.54, 1.807) is 0 Å². The summed E-state index contributed by atoms with van der Waals surface area (Å²) in [7, 11) is 0. The first-order valence-corrected chi connectivity index (χ1v) is 6.96. The first-order valence-electron chi connectivity index (χ1n) is 6.96. The molecule has 0 spiro atoms. The second kappa shape index (κ2) is 5.63. The first-order chi connectivity index (χ1) is 9.02. The Hall–Kier alpha value is -1.53. The molecule has 0 bridgehead atoms. The minimum Gasteiger partial charge on any atom is -0.369 e. The van der Waals surface area contributed by atoms with Gasteiger partial charge in [0.1, 0.15) is 0 Å². The highest BCUT2D eigenvalue weighted by atomic mass is 15.3. The number of anilines is 1. The lowest BCUT2D eigenvalue weighted by molar-refractivity contribution is 0.286. The third-order valence-electron chi connectivity index (χ3n) is 3.72. The summed E-state index contributed by atoms with van der Waals surface area (Å²) in [5.41, 5.74) is 2.93. The molecule has 0 aliphatic carbocycles. The molecule has 3 nitrogen and oxygen atoms in total. The van der Waals surface area contributed by atoms with Crippen LogP contribution in [0, 0.1) is 11.3 Å². The number of hydrogen-bond donors (Lipinski definition) is 0. The van der Waals surface area contributed by atoms with E-state index in [4.69, 9.17) is 5.26 Å². The highest BCUT2D eigenvalue weighted by Gasteiger charge is 2.23. The second-order valence-corrected chi connectivity index (χ2v) is 6.19. The number of hydrogen-bond acceptors (Lipinski definition) is 3. The lowest BCUT2D eigenvalue weighted by Crippen LogP contribution is -2.47. The van der Waals surface area contributed by atoms with Crippen molar-refractivity contribution in [2.24, 2.45) is 0 Å². The molecule has 1 aliphatic rings. The molecule has 0 unspecified atom stereocenters. The van der Waals surface area contributed by atoms with E-state index in [1.165, 1.54) is 11.3 Å². The summed E-state index contributed by atoms with van der Waals surface area (Å²) in [5, 5.41) is 8.75. The third kappa shape index (κ3) is 3.27. The van der Waals surface area contributed by atoms with Gasteiger partial charge in [0, 0.05) is 31.9 Å². The van der Waals surface area contributed by atoms with Gasteiger partial charge >= 0.3 is 0 Å². The van der Waals surface area contributed by atoms with Crippen molar-refractivity contribution in [3.63, 3.8) is 0 Å². The van der Waals surface area contributed by atoms with E-state index in [-0.39, 0.29) is 5.41 Å². The fraction of sp³-hybridized carbons (Fsp3) is 0.562. The molecule has 2 rings (SSSR count). The minimum absolute atomic E-state index is 0.167. The van der Waals surface area contributed by atoms with Crippen LogP contribution < -0.4 is 4.90 Å². The Labute approximate surface area is 116 Å². The van der Waals surface area contributed by atoms with Crippen molar-refractivity contribution in [1.29, 1.82) is 5.26 Å². The monoisotopic (exact) mass is 257 g/mol. The molecule has 0 N–H and O–H groups in total. The van der Waals surface area contributed by atoms with Gasteiger partial charge in [-0.25, -0.2) is 0 Å². The van der Waals surface area contributed by atoms with Crippen LogP contribution in [0.4, 0.5) is 5.69 Å². The number of piperazine rings is 1. The number of rotatable bonds is 2. The Morgan fingerprint density at radius 2 is 1.74 bits per heavy atom. The molecule has 102 valence electrons. The van der Waals surface area contributed by atoms with Crippen LogP contribution in [0.15, 0.2) is 24.3 Å². The van der Waals surface area contributed by atoms with Gasteiger partial charge in [0.15, 0.2) is 0 Å². The Balaban J connectivity index is 2.14. The molecule has 1 saturated heterocycles. The lowest BCUT2D eigenvalue weighted by atomic mass is 9.85. The van der Waals surface area contributed by atoms with Gasteiger partial charge in [-0.05, 0) is 17.0 Å². The maximum atomic E-state index is 8.75. The molecule has 19 heavy (non-hydrogen) atoms. The summed E-state index contributed by atoms with van der Waals surface area (Å²) < 4.78 is 0. The minimum atomic E-state index is 0.167. The van der Waals surface area contributed by atoms with E-state index < -0.39 is 0 Å². The zero-order chi connectivity index (χ0) is 13.9. The molecule has 3 heteroatoms. The van der Waals surface area contributed by atoms with Crippen LogP contribution in [-0.4, -0.2) is 37.6 Å². The molecule has 0 amide bonds.